The van der Waals surface area contributed by atoms with E-state index in [2.05, 4.69) is 30.4 Å². The summed E-state index contributed by atoms with van der Waals surface area (Å²) in [6, 6.07) is 8.64. The highest BCUT2D eigenvalue weighted by atomic mass is 16.5. The van der Waals surface area contributed by atoms with E-state index in [1.165, 1.54) is 18.4 Å². The van der Waals surface area contributed by atoms with Crippen molar-refractivity contribution >= 4 is 0 Å². The lowest BCUT2D eigenvalue weighted by molar-refractivity contribution is 0.294. The Balaban J connectivity index is 2.05. The first-order valence-electron chi connectivity index (χ1n) is 5.70. The van der Waals surface area contributed by atoms with Gasteiger partial charge in [-0.2, -0.15) is 0 Å². The predicted octanol–water partition coefficient (Wildman–Crippen LogP) is 2.76. The Morgan fingerprint density at radius 3 is 2.80 bits per heavy atom. The topological polar surface area (TPSA) is 21.3 Å². The van der Waals surface area contributed by atoms with Crippen LogP contribution in [-0.2, 0) is 0 Å². The Hall–Kier alpha value is -1.02. The second-order valence-electron chi connectivity index (χ2n) is 4.30. The number of ether oxygens (including phenoxy) is 1. The Labute approximate surface area is 91.6 Å². The smallest absolute Gasteiger partial charge is 0.124 e. The minimum atomic E-state index is 0.348. The highest BCUT2D eigenvalue weighted by molar-refractivity contribution is 5.35. The zero-order valence-corrected chi connectivity index (χ0v) is 9.49. The predicted molar refractivity (Wildman–Crippen MR) is 62.1 cm³/mol. The molecule has 1 aromatic carbocycles. The van der Waals surface area contributed by atoms with Crippen molar-refractivity contribution < 1.29 is 4.74 Å². The summed E-state index contributed by atoms with van der Waals surface area (Å²) in [6.45, 7) is 3.03. The molecule has 2 nitrogen and oxygen atoms in total. The maximum Gasteiger partial charge on any atom is 0.124 e. The van der Waals surface area contributed by atoms with Crippen molar-refractivity contribution in [3.63, 3.8) is 0 Å². The van der Waals surface area contributed by atoms with Crippen LogP contribution in [-0.4, -0.2) is 13.7 Å². The van der Waals surface area contributed by atoms with Gasteiger partial charge in [0.15, 0.2) is 0 Å². The summed E-state index contributed by atoms with van der Waals surface area (Å²) >= 11 is 0. The van der Waals surface area contributed by atoms with Crippen molar-refractivity contribution in [1.82, 2.24) is 5.32 Å². The van der Waals surface area contributed by atoms with Gasteiger partial charge in [-0.25, -0.2) is 0 Å². The number of nitrogens with one attached hydrogen (secondary N) is 1. The van der Waals surface area contributed by atoms with Crippen LogP contribution in [0.4, 0.5) is 0 Å². The Morgan fingerprint density at radius 2 is 2.13 bits per heavy atom. The van der Waals surface area contributed by atoms with Crippen LogP contribution in [0.15, 0.2) is 24.3 Å². The van der Waals surface area contributed by atoms with Crippen molar-refractivity contribution in [1.29, 1.82) is 0 Å². The summed E-state index contributed by atoms with van der Waals surface area (Å²) in [6.07, 6.45) is 2.67. The molecule has 0 bridgehead atoms. The largest absolute Gasteiger partial charge is 0.493 e. The zero-order chi connectivity index (χ0) is 10.7. The van der Waals surface area contributed by atoms with Gasteiger partial charge in [-0.15, -0.1) is 0 Å². The second kappa shape index (κ2) is 4.67. The van der Waals surface area contributed by atoms with E-state index in [4.69, 9.17) is 4.74 Å². The molecular formula is C13H19NO. The van der Waals surface area contributed by atoms with E-state index >= 15 is 0 Å². The molecule has 0 saturated heterocycles. The molecule has 1 fully saturated rings. The van der Waals surface area contributed by atoms with Crippen LogP contribution >= 0.6 is 0 Å². The summed E-state index contributed by atoms with van der Waals surface area (Å²) in [7, 11) is 1.97. The summed E-state index contributed by atoms with van der Waals surface area (Å²) in [5.41, 5.74) is 1.25. The van der Waals surface area contributed by atoms with Gasteiger partial charge in [-0.1, -0.05) is 18.2 Å². The highest BCUT2D eigenvalue weighted by Gasteiger charge is 2.22. The normalized spacial score (nSPS) is 17.5. The molecule has 1 aromatic rings. The third kappa shape index (κ3) is 2.72. The Bertz CT molecular complexity index is 320. The highest BCUT2D eigenvalue weighted by Crippen LogP contribution is 2.31. The molecule has 0 spiro atoms. The van der Waals surface area contributed by atoms with Gasteiger partial charge in [0.1, 0.15) is 5.75 Å². The van der Waals surface area contributed by atoms with Gasteiger partial charge in [0.05, 0.1) is 6.61 Å². The van der Waals surface area contributed by atoms with Crippen LogP contribution in [0.5, 0.6) is 5.75 Å². The fourth-order valence-corrected chi connectivity index (χ4v) is 1.62. The van der Waals surface area contributed by atoms with Crippen LogP contribution in [0.3, 0.4) is 0 Å². The first-order valence-corrected chi connectivity index (χ1v) is 5.70. The average molecular weight is 205 g/mol. The van der Waals surface area contributed by atoms with E-state index in [0.717, 1.165) is 18.3 Å². The third-order valence-corrected chi connectivity index (χ3v) is 2.99. The lowest BCUT2D eigenvalue weighted by atomic mass is 10.1. The maximum atomic E-state index is 5.84. The van der Waals surface area contributed by atoms with E-state index in [-0.39, 0.29) is 0 Å². The molecule has 0 aromatic heterocycles. The van der Waals surface area contributed by atoms with Crippen LogP contribution in [0.25, 0.3) is 0 Å². The lowest BCUT2D eigenvalue weighted by Crippen LogP contribution is -2.14. The van der Waals surface area contributed by atoms with E-state index in [0.29, 0.717) is 6.04 Å². The molecule has 0 radical (unpaired) electrons. The summed E-state index contributed by atoms with van der Waals surface area (Å²) in [4.78, 5) is 0. The van der Waals surface area contributed by atoms with Gasteiger partial charge in [0, 0.05) is 11.6 Å². The molecular weight excluding hydrogens is 186 g/mol. The van der Waals surface area contributed by atoms with E-state index < -0.39 is 0 Å². The lowest BCUT2D eigenvalue weighted by Gasteiger charge is -2.16. The van der Waals surface area contributed by atoms with Crippen molar-refractivity contribution in [3.05, 3.63) is 29.8 Å². The summed E-state index contributed by atoms with van der Waals surface area (Å²) < 4.78 is 5.84. The molecule has 1 atom stereocenters. The SMILES string of the molecule is CNC(C)c1ccccc1OCC1CC1. The molecule has 82 valence electrons. The van der Waals surface area contributed by atoms with Crippen LogP contribution < -0.4 is 10.1 Å². The molecule has 1 aliphatic rings. The van der Waals surface area contributed by atoms with E-state index in [1.54, 1.807) is 0 Å². The maximum absolute atomic E-state index is 5.84. The quantitative estimate of drug-likeness (QED) is 0.798. The molecule has 1 unspecified atom stereocenters. The second-order valence-corrected chi connectivity index (χ2v) is 4.30. The molecule has 2 rings (SSSR count). The molecule has 1 aliphatic carbocycles. The van der Waals surface area contributed by atoms with Crippen molar-refractivity contribution in [3.8, 4) is 5.75 Å². The summed E-state index contributed by atoms with van der Waals surface area (Å²) in [5, 5.41) is 3.24. The Morgan fingerprint density at radius 1 is 1.40 bits per heavy atom. The monoisotopic (exact) mass is 205 g/mol. The molecule has 2 heteroatoms. The first kappa shape index (κ1) is 10.5. The van der Waals surface area contributed by atoms with Crippen molar-refractivity contribution in [2.24, 2.45) is 5.92 Å². The van der Waals surface area contributed by atoms with E-state index in [9.17, 15) is 0 Å². The minimum absolute atomic E-state index is 0.348. The van der Waals surface area contributed by atoms with Crippen LogP contribution in [0.1, 0.15) is 31.4 Å². The number of benzene rings is 1. The van der Waals surface area contributed by atoms with Gasteiger partial charge in [-0.05, 0) is 38.8 Å². The first-order chi connectivity index (χ1) is 7.31. The van der Waals surface area contributed by atoms with E-state index in [1.807, 2.05) is 13.1 Å². The molecule has 1 saturated carbocycles. The standard InChI is InChI=1S/C13H19NO/c1-10(14-2)12-5-3-4-6-13(12)15-9-11-7-8-11/h3-6,10-11,14H,7-9H2,1-2H3. The average Bonchev–Trinajstić information content (AvgIpc) is 3.09. The third-order valence-electron chi connectivity index (χ3n) is 2.99. The van der Waals surface area contributed by atoms with Crippen LogP contribution in [0.2, 0.25) is 0 Å². The minimum Gasteiger partial charge on any atom is -0.493 e. The van der Waals surface area contributed by atoms with Crippen LogP contribution in [0, 0.1) is 5.92 Å². The number of hydrogen-bond acceptors (Lipinski definition) is 2. The fourth-order valence-electron chi connectivity index (χ4n) is 1.62. The number of para-hydroxylation sites is 1. The summed E-state index contributed by atoms with van der Waals surface area (Å²) in [5.74, 6) is 1.84. The molecule has 0 amide bonds. The van der Waals surface area contributed by atoms with Crippen molar-refractivity contribution in [2.45, 2.75) is 25.8 Å². The fraction of sp³-hybridized carbons (Fsp3) is 0.538. The molecule has 1 N–H and O–H groups in total. The molecule has 0 aliphatic heterocycles. The molecule has 15 heavy (non-hydrogen) atoms. The zero-order valence-electron chi connectivity index (χ0n) is 9.49. The Kier molecular flexibility index (Phi) is 3.27. The number of hydrogen-bond donors (Lipinski definition) is 1. The van der Waals surface area contributed by atoms with Gasteiger partial charge < -0.3 is 10.1 Å². The van der Waals surface area contributed by atoms with Gasteiger partial charge in [0.2, 0.25) is 0 Å². The van der Waals surface area contributed by atoms with Crippen molar-refractivity contribution in [2.75, 3.05) is 13.7 Å². The van der Waals surface area contributed by atoms with Gasteiger partial charge in [0.25, 0.3) is 0 Å². The van der Waals surface area contributed by atoms with Gasteiger partial charge in [-0.3, -0.25) is 0 Å². The van der Waals surface area contributed by atoms with Gasteiger partial charge >= 0.3 is 0 Å². The number of rotatable bonds is 5. The molecule has 0 heterocycles.